The Balaban J connectivity index is 2.84. The van der Waals surface area contributed by atoms with Crippen molar-refractivity contribution >= 4 is 52.2 Å². The molecule has 0 atom stereocenters. The van der Waals surface area contributed by atoms with E-state index in [0.29, 0.717) is 0 Å². The molecule has 60 valence electrons. The van der Waals surface area contributed by atoms with Gasteiger partial charge in [0, 0.05) is 0 Å². The van der Waals surface area contributed by atoms with Crippen LogP contribution in [0.5, 0.6) is 0 Å². The fraction of sp³-hybridized carbons (Fsp3) is 0. The SMILES string of the molecule is [SeH]c1nc2ccccc2nc1[SeH]. The third-order valence-corrected chi connectivity index (χ3v) is 3.67. The van der Waals surface area contributed by atoms with Gasteiger partial charge < -0.3 is 0 Å². The molecular weight excluding hydrogens is 282 g/mol. The summed E-state index contributed by atoms with van der Waals surface area (Å²) in [4.78, 5) is 8.74. The van der Waals surface area contributed by atoms with Gasteiger partial charge in [0.25, 0.3) is 0 Å². The van der Waals surface area contributed by atoms with Crippen LogP contribution in [-0.2, 0) is 0 Å². The first-order valence-electron chi connectivity index (χ1n) is 3.42. The van der Waals surface area contributed by atoms with Crippen molar-refractivity contribution in [2.45, 2.75) is 0 Å². The van der Waals surface area contributed by atoms with E-state index in [1.807, 2.05) is 24.3 Å². The molecule has 2 nitrogen and oxygen atoms in total. The Kier molecular flexibility index (Phi) is 2.16. The van der Waals surface area contributed by atoms with E-state index in [0.717, 1.165) is 20.2 Å². The van der Waals surface area contributed by atoms with Gasteiger partial charge in [-0.2, -0.15) is 0 Å². The summed E-state index contributed by atoms with van der Waals surface area (Å²) in [5, 5.41) is 0. The monoisotopic (exact) mass is 290 g/mol. The van der Waals surface area contributed by atoms with Crippen molar-refractivity contribution < 1.29 is 0 Å². The molecule has 0 saturated heterocycles. The van der Waals surface area contributed by atoms with Crippen molar-refractivity contribution in [3.63, 3.8) is 0 Å². The first kappa shape index (κ1) is 8.21. The quantitative estimate of drug-likeness (QED) is 0.562. The predicted molar refractivity (Wildman–Crippen MR) is 53.1 cm³/mol. The molecule has 0 radical (unpaired) electrons. The number of hydrogen-bond acceptors (Lipinski definition) is 2. The van der Waals surface area contributed by atoms with E-state index in [-0.39, 0.29) is 0 Å². The summed E-state index contributed by atoms with van der Waals surface area (Å²) in [6.45, 7) is 0. The van der Waals surface area contributed by atoms with Crippen LogP contribution in [0.2, 0.25) is 0 Å². The number of fused-ring (bicyclic) bond motifs is 1. The molecule has 0 N–H and O–H groups in total. The van der Waals surface area contributed by atoms with Crippen molar-refractivity contribution in [3.8, 4) is 0 Å². The Hall–Kier alpha value is -0.401. The minimum absolute atomic E-state index is 0.918. The molecule has 0 fully saturated rings. The molecule has 4 heteroatoms. The van der Waals surface area contributed by atoms with Crippen molar-refractivity contribution in [3.05, 3.63) is 24.3 Å². The van der Waals surface area contributed by atoms with Crippen LogP contribution in [0.4, 0.5) is 0 Å². The second-order valence-electron chi connectivity index (χ2n) is 2.36. The fourth-order valence-electron chi connectivity index (χ4n) is 0.981. The molecule has 0 saturated carbocycles. The molecule has 0 aliphatic rings. The van der Waals surface area contributed by atoms with Crippen LogP contribution in [0.1, 0.15) is 0 Å². The molecule has 0 aliphatic heterocycles. The molecule has 2 aromatic rings. The maximum atomic E-state index is 4.37. The minimum atomic E-state index is 0.918. The average Bonchev–Trinajstić information content (AvgIpc) is 2.07. The summed E-state index contributed by atoms with van der Waals surface area (Å²) in [5.41, 5.74) is 1.89. The van der Waals surface area contributed by atoms with Crippen LogP contribution in [-0.4, -0.2) is 42.0 Å². The maximum absolute atomic E-state index is 4.37. The predicted octanol–water partition coefficient (Wildman–Crippen LogP) is -1.32. The molecule has 12 heavy (non-hydrogen) atoms. The van der Waals surface area contributed by atoms with Gasteiger partial charge in [-0.05, 0) is 0 Å². The van der Waals surface area contributed by atoms with Crippen LogP contribution in [0.15, 0.2) is 24.3 Å². The van der Waals surface area contributed by atoms with Crippen LogP contribution < -0.4 is 9.18 Å². The molecule has 0 aliphatic carbocycles. The van der Waals surface area contributed by atoms with Gasteiger partial charge in [0.2, 0.25) is 0 Å². The second kappa shape index (κ2) is 3.15. The Morgan fingerprint density at radius 2 is 1.25 bits per heavy atom. The Bertz CT molecular complexity index is 388. The summed E-state index contributed by atoms with van der Waals surface area (Å²) in [7, 11) is 0. The standard InChI is InChI=1S/C8H6N2Se2/c11-7-8(12)10-6-4-2-1-3-5(6)9-7/h1-4H,(H,9,11)(H,10,12). The summed E-state index contributed by atoms with van der Waals surface area (Å²) < 4.78 is 1.84. The summed E-state index contributed by atoms with van der Waals surface area (Å²) in [6.07, 6.45) is 0. The van der Waals surface area contributed by atoms with E-state index in [1.54, 1.807) is 0 Å². The third kappa shape index (κ3) is 1.39. The first-order valence-corrected chi connectivity index (χ1v) is 5.30. The van der Waals surface area contributed by atoms with Gasteiger partial charge in [0.05, 0.1) is 0 Å². The zero-order valence-corrected chi connectivity index (χ0v) is 9.85. The van der Waals surface area contributed by atoms with Gasteiger partial charge in [-0.25, -0.2) is 0 Å². The van der Waals surface area contributed by atoms with Crippen molar-refractivity contribution in [1.82, 2.24) is 9.97 Å². The normalized spacial score (nSPS) is 10.5. The van der Waals surface area contributed by atoms with Crippen LogP contribution >= 0.6 is 0 Å². The number of para-hydroxylation sites is 2. The van der Waals surface area contributed by atoms with E-state index in [9.17, 15) is 0 Å². The summed E-state index contributed by atoms with van der Waals surface area (Å²) in [5.74, 6) is 0. The number of hydrogen-bond donors (Lipinski definition) is 0. The van der Waals surface area contributed by atoms with E-state index in [4.69, 9.17) is 0 Å². The molecule has 1 aromatic carbocycles. The number of benzene rings is 1. The Labute approximate surface area is 86.4 Å². The summed E-state index contributed by atoms with van der Waals surface area (Å²) >= 11 is 4.84. The van der Waals surface area contributed by atoms with Crippen molar-refractivity contribution in [2.75, 3.05) is 0 Å². The van der Waals surface area contributed by atoms with E-state index in [1.165, 1.54) is 0 Å². The molecule has 1 aromatic heterocycles. The zero-order valence-electron chi connectivity index (χ0n) is 6.10. The zero-order chi connectivity index (χ0) is 8.55. The van der Waals surface area contributed by atoms with E-state index >= 15 is 0 Å². The number of aromatic nitrogens is 2. The van der Waals surface area contributed by atoms with E-state index in [2.05, 4.69) is 42.0 Å². The van der Waals surface area contributed by atoms with Gasteiger partial charge in [-0.1, -0.05) is 0 Å². The van der Waals surface area contributed by atoms with E-state index < -0.39 is 0 Å². The molecule has 0 bridgehead atoms. The Morgan fingerprint density at radius 1 is 0.833 bits per heavy atom. The van der Waals surface area contributed by atoms with Crippen LogP contribution in [0, 0.1) is 0 Å². The van der Waals surface area contributed by atoms with Gasteiger partial charge in [0.15, 0.2) is 0 Å². The average molecular weight is 288 g/mol. The first-order chi connectivity index (χ1) is 5.77. The van der Waals surface area contributed by atoms with Gasteiger partial charge in [-0.3, -0.25) is 0 Å². The molecule has 0 spiro atoms. The number of nitrogens with zero attached hydrogens (tertiary/aromatic N) is 2. The summed E-state index contributed by atoms with van der Waals surface area (Å²) in [6, 6.07) is 7.86. The topological polar surface area (TPSA) is 25.8 Å². The van der Waals surface area contributed by atoms with Crippen LogP contribution in [0.3, 0.4) is 0 Å². The second-order valence-corrected chi connectivity index (χ2v) is 4.14. The Morgan fingerprint density at radius 3 is 1.67 bits per heavy atom. The number of rotatable bonds is 0. The third-order valence-electron chi connectivity index (χ3n) is 1.53. The fourth-order valence-corrected chi connectivity index (χ4v) is 1.64. The molecule has 0 amide bonds. The van der Waals surface area contributed by atoms with Gasteiger partial charge in [-0.15, -0.1) is 0 Å². The van der Waals surface area contributed by atoms with Gasteiger partial charge >= 0.3 is 86.5 Å². The van der Waals surface area contributed by atoms with Gasteiger partial charge in [0.1, 0.15) is 0 Å². The molecule has 1 heterocycles. The van der Waals surface area contributed by atoms with Crippen LogP contribution in [0.25, 0.3) is 11.0 Å². The van der Waals surface area contributed by atoms with Crippen molar-refractivity contribution in [2.24, 2.45) is 0 Å². The van der Waals surface area contributed by atoms with Crippen molar-refractivity contribution in [1.29, 1.82) is 0 Å². The molecular formula is C8H6N2Se2. The molecule has 2 rings (SSSR count). The molecule has 0 unspecified atom stereocenters.